The molecule has 0 atom stereocenters. The summed E-state index contributed by atoms with van der Waals surface area (Å²) in [5.41, 5.74) is 2.46. The van der Waals surface area contributed by atoms with Crippen molar-refractivity contribution in [3.05, 3.63) is 59.7 Å². The smallest absolute Gasteiger partial charge is 0.191 e. The lowest BCUT2D eigenvalue weighted by Gasteiger charge is -2.38. The minimum atomic E-state index is 0. The lowest BCUT2D eigenvalue weighted by atomic mass is 9.74. The summed E-state index contributed by atoms with van der Waals surface area (Å²) >= 11 is 0. The number of nitrogens with one attached hydrogen (secondary N) is 2. The van der Waals surface area contributed by atoms with Crippen molar-refractivity contribution >= 4 is 29.9 Å². The maximum absolute atomic E-state index is 5.66. The number of halogens is 1. The predicted molar refractivity (Wildman–Crippen MR) is 136 cm³/mol. The van der Waals surface area contributed by atoms with Gasteiger partial charge in [0, 0.05) is 38.8 Å². The van der Waals surface area contributed by atoms with Gasteiger partial charge in [0.1, 0.15) is 11.5 Å². The fourth-order valence-electron chi connectivity index (χ4n) is 3.84. The van der Waals surface area contributed by atoms with Crippen LogP contribution in [0.4, 0.5) is 0 Å². The molecule has 7 heteroatoms. The van der Waals surface area contributed by atoms with Crippen molar-refractivity contribution in [2.75, 3.05) is 40.5 Å². The molecule has 1 heterocycles. The van der Waals surface area contributed by atoms with E-state index in [1.54, 1.807) is 14.2 Å². The quantitative estimate of drug-likeness (QED) is 0.300. The summed E-state index contributed by atoms with van der Waals surface area (Å²) in [7, 11) is 3.48. The molecule has 0 bridgehead atoms. The SMILES string of the molecule is CCOc1ccc(C2(CNC(=NC)NCc3cccc(OC)c3)CCOCC2)cc1.I. The van der Waals surface area contributed by atoms with Crippen LogP contribution in [-0.2, 0) is 16.7 Å². The Kier molecular flexibility index (Phi) is 10.4. The minimum Gasteiger partial charge on any atom is -0.497 e. The number of nitrogens with zero attached hydrogens (tertiary/aromatic N) is 1. The van der Waals surface area contributed by atoms with Crippen LogP contribution in [0, 0.1) is 0 Å². The Morgan fingerprint density at radius 1 is 1.06 bits per heavy atom. The summed E-state index contributed by atoms with van der Waals surface area (Å²) in [4.78, 5) is 4.41. The van der Waals surface area contributed by atoms with Crippen LogP contribution in [0.5, 0.6) is 11.5 Å². The molecule has 0 unspecified atom stereocenters. The fourth-order valence-corrected chi connectivity index (χ4v) is 3.84. The first-order valence-corrected chi connectivity index (χ1v) is 10.6. The second-order valence-electron chi connectivity index (χ2n) is 7.48. The molecular formula is C24H34IN3O3. The highest BCUT2D eigenvalue weighted by molar-refractivity contribution is 14.0. The van der Waals surface area contributed by atoms with Gasteiger partial charge in [0.15, 0.2) is 5.96 Å². The average molecular weight is 539 g/mol. The van der Waals surface area contributed by atoms with E-state index in [1.165, 1.54) is 5.56 Å². The van der Waals surface area contributed by atoms with Crippen molar-refractivity contribution < 1.29 is 14.2 Å². The molecule has 0 aliphatic carbocycles. The topological polar surface area (TPSA) is 64.1 Å². The largest absolute Gasteiger partial charge is 0.497 e. The number of hydrogen-bond acceptors (Lipinski definition) is 4. The Morgan fingerprint density at radius 2 is 1.81 bits per heavy atom. The standard InChI is InChI=1S/C24H33N3O3.HI/c1-4-30-21-10-8-20(9-11-21)24(12-14-29-15-13-24)18-27-23(25-2)26-17-19-6-5-7-22(16-19)28-3;/h5-11,16H,4,12-15,17-18H2,1-3H3,(H2,25,26,27);1H. The number of guanidine groups is 1. The van der Waals surface area contributed by atoms with Gasteiger partial charge in [-0.2, -0.15) is 0 Å². The van der Waals surface area contributed by atoms with Gasteiger partial charge in [0.2, 0.25) is 0 Å². The zero-order chi connectivity index (χ0) is 21.2. The highest BCUT2D eigenvalue weighted by atomic mass is 127. The Hall–Kier alpha value is -2.00. The lowest BCUT2D eigenvalue weighted by molar-refractivity contribution is 0.0513. The summed E-state index contributed by atoms with van der Waals surface area (Å²) in [6, 6.07) is 16.5. The maximum atomic E-state index is 5.66. The van der Waals surface area contributed by atoms with Crippen molar-refractivity contribution in [3.8, 4) is 11.5 Å². The molecule has 3 rings (SSSR count). The van der Waals surface area contributed by atoms with Gasteiger partial charge in [-0.15, -0.1) is 24.0 Å². The van der Waals surface area contributed by atoms with E-state index >= 15 is 0 Å². The van der Waals surface area contributed by atoms with E-state index in [0.717, 1.165) is 55.6 Å². The summed E-state index contributed by atoms with van der Waals surface area (Å²) < 4.78 is 16.6. The maximum Gasteiger partial charge on any atom is 0.191 e. The van der Waals surface area contributed by atoms with Gasteiger partial charge in [0.05, 0.1) is 13.7 Å². The van der Waals surface area contributed by atoms with Gasteiger partial charge >= 0.3 is 0 Å². The highest BCUT2D eigenvalue weighted by Gasteiger charge is 2.34. The molecule has 0 saturated carbocycles. The van der Waals surface area contributed by atoms with E-state index in [-0.39, 0.29) is 29.4 Å². The van der Waals surface area contributed by atoms with Crippen LogP contribution in [0.25, 0.3) is 0 Å². The predicted octanol–water partition coefficient (Wildman–Crippen LogP) is 4.13. The van der Waals surface area contributed by atoms with Crippen LogP contribution in [0.2, 0.25) is 0 Å². The molecule has 2 N–H and O–H groups in total. The first-order chi connectivity index (χ1) is 14.7. The number of rotatable bonds is 8. The van der Waals surface area contributed by atoms with Crippen LogP contribution < -0.4 is 20.1 Å². The van der Waals surface area contributed by atoms with Crippen molar-refractivity contribution in [2.24, 2.45) is 4.99 Å². The Morgan fingerprint density at radius 3 is 2.45 bits per heavy atom. The van der Waals surface area contributed by atoms with Gasteiger partial charge in [0.25, 0.3) is 0 Å². The second-order valence-corrected chi connectivity index (χ2v) is 7.48. The number of hydrogen-bond donors (Lipinski definition) is 2. The van der Waals surface area contributed by atoms with Crippen LogP contribution in [0.15, 0.2) is 53.5 Å². The molecule has 0 radical (unpaired) electrons. The zero-order valence-corrected chi connectivity index (χ0v) is 21.0. The molecule has 1 saturated heterocycles. The molecule has 1 aliphatic heterocycles. The minimum absolute atomic E-state index is 0. The van der Waals surface area contributed by atoms with Crippen molar-refractivity contribution in [1.29, 1.82) is 0 Å². The molecular weight excluding hydrogens is 505 g/mol. The Bertz CT molecular complexity index is 821. The molecule has 1 fully saturated rings. The molecule has 2 aromatic rings. The molecule has 31 heavy (non-hydrogen) atoms. The van der Waals surface area contributed by atoms with E-state index in [1.807, 2.05) is 25.1 Å². The Balaban J connectivity index is 0.00000341. The van der Waals surface area contributed by atoms with Crippen molar-refractivity contribution in [3.63, 3.8) is 0 Å². The van der Waals surface area contributed by atoms with Crippen LogP contribution in [0.1, 0.15) is 30.9 Å². The van der Waals surface area contributed by atoms with Gasteiger partial charge in [-0.25, -0.2) is 0 Å². The zero-order valence-electron chi connectivity index (χ0n) is 18.6. The van der Waals surface area contributed by atoms with Gasteiger partial charge in [-0.1, -0.05) is 24.3 Å². The molecule has 0 amide bonds. The Labute approximate surface area is 202 Å². The fraction of sp³-hybridized carbons (Fsp3) is 0.458. The number of methoxy groups -OCH3 is 1. The van der Waals surface area contributed by atoms with Gasteiger partial charge < -0.3 is 24.8 Å². The van der Waals surface area contributed by atoms with Crippen LogP contribution >= 0.6 is 24.0 Å². The van der Waals surface area contributed by atoms with E-state index in [9.17, 15) is 0 Å². The van der Waals surface area contributed by atoms with E-state index in [2.05, 4.69) is 46.0 Å². The first-order valence-electron chi connectivity index (χ1n) is 10.6. The summed E-state index contributed by atoms with van der Waals surface area (Å²) in [5, 5.41) is 6.94. The molecule has 170 valence electrons. The molecule has 2 aromatic carbocycles. The highest BCUT2D eigenvalue weighted by Crippen LogP contribution is 2.35. The van der Waals surface area contributed by atoms with Crippen molar-refractivity contribution in [1.82, 2.24) is 10.6 Å². The average Bonchev–Trinajstić information content (AvgIpc) is 2.80. The van der Waals surface area contributed by atoms with Crippen molar-refractivity contribution in [2.45, 2.75) is 31.7 Å². The molecule has 0 spiro atoms. The van der Waals surface area contributed by atoms with Gasteiger partial charge in [-0.05, 0) is 55.2 Å². The molecule has 6 nitrogen and oxygen atoms in total. The van der Waals surface area contributed by atoms with E-state index < -0.39 is 0 Å². The van der Waals surface area contributed by atoms with Crippen LogP contribution in [0.3, 0.4) is 0 Å². The van der Waals surface area contributed by atoms with E-state index in [4.69, 9.17) is 14.2 Å². The molecule has 1 aliphatic rings. The first kappa shape index (κ1) is 25.3. The van der Waals surface area contributed by atoms with E-state index in [0.29, 0.717) is 13.2 Å². The third-order valence-corrected chi connectivity index (χ3v) is 5.64. The lowest BCUT2D eigenvalue weighted by Crippen LogP contribution is -2.47. The third kappa shape index (κ3) is 7.00. The summed E-state index contributed by atoms with van der Waals surface area (Å²) in [6.07, 6.45) is 1.95. The second kappa shape index (κ2) is 12.8. The van der Waals surface area contributed by atoms with Gasteiger partial charge in [-0.3, -0.25) is 4.99 Å². The number of benzene rings is 2. The number of aliphatic imine (C=N–C) groups is 1. The monoisotopic (exact) mass is 539 g/mol. The summed E-state index contributed by atoms with van der Waals surface area (Å²) in [6.45, 7) is 5.69. The summed E-state index contributed by atoms with van der Waals surface area (Å²) in [5.74, 6) is 2.55. The van der Waals surface area contributed by atoms with Crippen LogP contribution in [-0.4, -0.2) is 46.5 Å². The number of ether oxygens (including phenoxy) is 3. The third-order valence-electron chi connectivity index (χ3n) is 5.64. The molecule has 0 aromatic heterocycles. The normalized spacial score (nSPS) is 15.5.